The molecule has 3 heteroatoms. The van der Waals surface area contributed by atoms with Gasteiger partial charge >= 0.3 is 0 Å². The molecule has 0 saturated heterocycles. The molecule has 0 bridgehead atoms. The van der Waals surface area contributed by atoms with Crippen molar-refractivity contribution in [3.8, 4) is 0 Å². The van der Waals surface area contributed by atoms with Crippen LogP contribution < -0.4 is 0 Å². The average molecular weight is 172 g/mol. The first kappa shape index (κ1) is 7.65. The zero-order chi connectivity index (χ0) is 8.77. The third-order valence-electron chi connectivity index (χ3n) is 2.20. The highest BCUT2D eigenvalue weighted by atomic mass is 19.3. The Kier molecular flexibility index (Phi) is 1.43. The molecule has 0 amide bonds. The smallest absolute Gasteiger partial charge is 0.207 e. The van der Waals surface area contributed by atoms with E-state index in [1.807, 2.05) is 0 Å². The predicted octanol–water partition coefficient (Wildman–Crippen LogP) is 2.86. The Morgan fingerprint density at radius 1 is 1.25 bits per heavy atom. The van der Waals surface area contributed by atoms with E-state index in [-0.39, 0.29) is 24.0 Å². The fourth-order valence-electron chi connectivity index (χ4n) is 1.57. The maximum Gasteiger partial charge on any atom is 0.273 e. The van der Waals surface area contributed by atoms with E-state index in [4.69, 9.17) is 0 Å². The normalized spacial score (nSPS) is 19.2. The van der Waals surface area contributed by atoms with Gasteiger partial charge in [0.25, 0.3) is 5.92 Å². The Bertz CT molecular complexity index is 318. The lowest BCUT2D eigenvalue weighted by molar-refractivity contribution is -0.00186. The Morgan fingerprint density at radius 3 is 2.67 bits per heavy atom. The summed E-state index contributed by atoms with van der Waals surface area (Å²) >= 11 is 0. The molecule has 0 saturated carbocycles. The fraction of sp³-hybridized carbons (Fsp3) is 0.333. The molecular weight excluding hydrogens is 165 g/mol. The molecule has 64 valence electrons. The van der Waals surface area contributed by atoms with Crippen molar-refractivity contribution in [2.75, 3.05) is 0 Å². The highest BCUT2D eigenvalue weighted by Gasteiger charge is 2.40. The molecule has 1 aliphatic rings. The van der Waals surface area contributed by atoms with Crippen LogP contribution in [-0.4, -0.2) is 0 Å². The van der Waals surface area contributed by atoms with Crippen molar-refractivity contribution in [2.24, 2.45) is 0 Å². The summed E-state index contributed by atoms with van der Waals surface area (Å²) in [5.41, 5.74) is 0.0463. The van der Waals surface area contributed by atoms with E-state index in [1.54, 1.807) is 0 Å². The first-order valence-corrected chi connectivity index (χ1v) is 3.77. The molecule has 0 fully saturated rings. The third kappa shape index (κ3) is 0.924. The first-order valence-electron chi connectivity index (χ1n) is 3.77. The number of hydrogen-bond donors (Lipinski definition) is 0. The summed E-state index contributed by atoms with van der Waals surface area (Å²) in [5, 5.41) is 0. The molecule has 0 radical (unpaired) electrons. The van der Waals surface area contributed by atoms with Crippen LogP contribution in [0.25, 0.3) is 0 Å². The quantitative estimate of drug-likeness (QED) is 0.564. The van der Waals surface area contributed by atoms with Crippen molar-refractivity contribution in [1.29, 1.82) is 0 Å². The van der Waals surface area contributed by atoms with E-state index >= 15 is 0 Å². The maximum absolute atomic E-state index is 13.0. The van der Waals surface area contributed by atoms with Crippen LogP contribution in [0.1, 0.15) is 17.5 Å². The van der Waals surface area contributed by atoms with Crippen LogP contribution in [0, 0.1) is 5.82 Å². The van der Waals surface area contributed by atoms with Gasteiger partial charge in [0.15, 0.2) is 0 Å². The number of benzene rings is 1. The Labute approximate surface area is 68.0 Å². The van der Waals surface area contributed by atoms with Crippen molar-refractivity contribution >= 4 is 0 Å². The van der Waals surface area contributed by atoms with Crippen LogP contribution in [0.2, 0.25) is 0 Å². The summed E-state index contributed by atoms with van der Waals surface area (Å²) in [7, 11) is 0. The minimum atomic E-state index is -2.82. The summed E-state index contributed by atoms with van der Waals surface area (Å²) in [6.07, 6.45) is -0.113. The van der Waals surface area contributed by atoms with Gasteiger partial charge in [0.05, 0.1) is 0 Å². The highest BCUT2D eigenvalue weighted by Crippen LogP contribution is 2.42. The molecule has 0 atom stereocenters. The van der Waals surface area contributed by atoms with Gasteiger partial charge < -0.3 is 0 Å². The minimum absolute atomic E-state index is 0.137. The topological polar surface area (TPSA) is 0 Å². The van der Waals surface area contributed by atoms with Crippen molar-refractivity contribution in [3.05, 3.63) is 35.1 Å². The number of halogens is 3. The molecule has 0 unspecified atom stereocenters. The molecule has 0 aromatic heterocycles. The van der Waals surface area contributed by atoms with Crippen molar-refractivity contribution in [3.63, 3.8) is 0 Å². The van der Waals surface area contributed by atoms with Gasteiger partial charge in [0, 0.05) is 12.0 Å². The molecule has 0 nitrogen and oxygen atoms in total. The standard InChI is InChI=1S/C9H7F3/c10-8-3-1-2-7-6(8)4-5-9(7,11)12/h1-3H,4-5H2. The summed E-state index contributed by atoms with van der Waals surface area (Å²) in [5.74, 6) is -3.33. The van der Waals surface area contributed by atoms with E-state index in [2.05, 4.69) is 0 Å². The lowest BCUT2D eigenvalue weighted by atomic mass is 10.1. The van der Waals surface area contributed by atoms with Gasteiger partial charge in [-0.15, -0.1) is 0 Å². The zero-order valence-corrected chi connectivity index (χ0v) is 6.28. The molecule has 2 rings (SSSR count). The van der Waals surface area contributed by atoms with E-state index in [9.17, 15) is 13.2 Å². The Hall–Kier alpha value is -0.990. The average Bonchev–Trinajstić information content (AvgIpc) is 2.30. The molecule has 1 aromatic carbocycles. The number of hydrogen-bond acceptors (Lipinski definition) is 0. The predicted molar refractivity (Wildman–Crippen MR) is 38.6 cm³/mol. The largest absolute Gasteiger partial charge is 0.273 e. The van der Waals surface area contributed by atoms with Gasteiger partial charge in [0.2, 0.25) is 0 Å². The molecule has 0 spiro atoms. The maximum atomic E-state index is 13.0. The summed E-state index contributed by atoms with van der Waals surface area (Å²) in [6.45, 7) is 0. The third-order valence-corrected chi connectivity index (χ3v) is 2.20. The van der Waals surface area contributed by atoms with Gasteiger partial charge in [0.1, 0.15) is 5.82 Å². The Balaban J connectivity index is 2.61. The molecule has 0 N–H and O–H groups in total. The van der Waals surface area contributed by atoms with Crippen molar-refractivity contribution in [1.82, 2.24) is 0 Å². The second-order valence-electron chi connectivity index (χ2n) is 2.97. The molecule has 0 aliphatic heterocycles. The molecule has 12 heavy (non-hydrogen) atoms. The van der Waals surface area contributed by atoms with Gasteiger partial charge in [-0.05, 0) is 18.1 Å². The van der Waals surface area contributed by atoms with Gasteiger partial charge in [-0.3, -0.25) is 0 Å². The van der Waals surface area contributed by atoms with E-state index in [0.29, 0.717) is 0 Å². The van der Waals surface area contributed by atoms with Gasteiger partial charge in [-0.2, -0.15) is 0 Å². The number of fused-ring (bicyclic) bond motifs is 1. The van der Waals surface area contributed by atoms with Gasteiger partial charge in [-0.25, -0.2) is 13.2 Å². The van der Waals surface area contributed by atoms with Crippen LogP contribution in [0.5, 0.6) is 0 Å². The fourth-order valence-corrected chi connectivity index (χ4v) is 1.57. The molecular formula is C9H7F3. The van der Waals surface area contributed by atoms with Crippen LogP contribution in [0.4, 0.5) is 13.2 Å². The van der Waals surface area contributed by atoms with Crippen LogP contribution >= 0.6 is 0 Å². The highest BCUT2D eigenvalue weighted by molar-refractivity contribution is 5.36. The van der Waals surface area contributed by atoms with Crippen molar-refractivity contribution < 1.29 is 13.2 Å². The number of rotatable bonds is 0. The summed E-state index contributed by atoms with van der Waals surface area (Å²) in [6, 6.07) is 3.85. The van der Waals surface area contributed by atoms with E-state index in [1.165, 1.54) is 18.2 Å². The summed E-state index contributed by atoms with van der Waals surface area (Å²) in [4.78, 5) is 0. The second kappa shape index (κ2) is 2.25. The summed E-state index contributed by atoms with van der Waals surface area (Å²) < 4.78 is 38.8. The monoisotopic (exact) mass is 172 g/mol. The van der Waals surface area contributed by atoms with Crippen LogP contribution in [0.15, 0.2) is 18.2 Å². The van der Waals surface area contributed by atoms with Crippen LogP contribution in [-0.2, 0) is 12.3 Å². The molecule has 1 aliphatic carbocycles. The zero-order valence-electron chi connectivity index (χ0n) is 6.28. The molecule has 0 heterocycles. The SMILES string of the molecule is Fc1cccc2c1CCC2(F)F. The molecule has 1 aromatic rings. The van der Waals surface area contributed by atoms with E-state index in [0.717, 1.165) is 0 Å². The van der Waals surface area contributed by atoms with E-state index < -0.39 is 11.7 Å². The lowest BCUT2D eigenvalue weighted by Gasteiger charge is -2.08. The number of alkyl halides is 2. The van der Waals surface area contributed by atoms with Crippen LogP contribution in [0.3, 0.4) is 0 Å². The van der Waals surface area contributed by atoms with Gasteiger partial charge in [-0.1, -0.05) is 12.1 Å². The second-order valence-corrected chi connectivity index (χ2v) is 2.97. The first-order chi connectivity index (χ1) is 5.61. The minimum Gasteiger partial charge on any atom is -0.207 e. The van der Waals surface area contributed by atoms with Crippen molar-refractivity contribution in [2.45, 2.75) is 18.8 Å². The lowest BCUT2D eigenvalue weighted by Crippen LogP contribution is -2.07. The Morgan fingerprint density at radius 2 is 2.00 bits per heavy atom.